The molecule has 1 heterocycles. The van der Waals surface area contributed by atoms with Crippen molar-refractivity contribution in [2.75, 3.05) is 0 Å². The van der Waals surface area contributed by atoms with E-state index < -0.39 is 0 Å². The number of hydrogen-bond donors (Lipinski definition) is 1. The molecule has 0 unspecified atom stereocenters. The number of carbonyl (C=O) groups excluding carboxylic acids is 2. The molecule has 0 aromatic rings. The fourth-order valence-electron chi connectivity index (χ4n) is 8.30. The summed E-state index contributed by atoms with van der Waals surface area (Å²) in [6.07, 6.45) is 14.5. The summed E-state index contributed by atoms with van der Waals surface area (Å²) in [7, 11) is 0. The van der Waals surface area contributed by atoms with E-state index in [9.17, 15) is 9.59 Å². The van der Waals surface area contributed by atoms with Crippen LogP contribution in [-0.4, -0.2) is 23.5 Å². The summed E-state index contributed by atoms with van der Waals surface area (Å²) in [5.74, 6) is 2.07. The van der Waals surface area contributed by atoms with Crippen LogP contribution in [-0.2, 0) is 14.3 Å². The van der Waals surface area contributed by atoms with Gasteiger partial charge in [0.25, 0.3) is 0 Å². The summed E-state index contributed by atoms with van der Waals surface area (Å²) in [6.45, 7) is 11.4. The van der Waals surface area contributed by atoms with Gasteiger partial charge in [0.05, 0.1) is 0 Å². The van der Waals surface area contributed by atoms with Crippen molar-refractivity contribution >= 4 is 11.9 Å². The van der Waals surface area contributed by atoms with Crippen LogP contribution in [0, 0.1) is 34.5 Å². The molecule has 7 atom stereocenters. The minimum Gasteiger partial charge on any atom is -0.458 e. The molecule has 1 amide bonds. The lowest BCUT2D eigenvalue weighted by molar-refractivity contribution is -0.168. The lowest BCUT2D eigenvalue weighted by atomic mass is 9.48. The summed E-state index contributed by atoms with van der Waals surface area (Å²) in [4.78, 5) is 25.4. The number of carbonyl (C=O) groups is 2. The number of amides is 1. The van der Waals surface area contributed by atoms with Crippen LogP contribution in [0.4, 0.5) is 0 Å². The highest BCUT2D eigenvalue weighted by atomic mass is 16.5. The molecule has 0 spiro atoms. The minimum atomic E-state index is -0.179. The number of esters is 1. The molecule has 174 valence electrons. The Hall–Kier alpha value is -1.32. The Bertz CT molecular complexity index is 741. The molecular weight excluding hydrogens is 386 g/mol. The molecular formula is C27H43NO3. The predicted molar refractivity (Wildman–Crippen MR) is 123 cm³/mol. The van der Waals surface area contributed by atoms with Crippen molar-refractivity contribution in [2.24, 2.45) is 34.5 Å². The molecule has 3 fully saturated rings. The maximum absolute atomic E-state index is 13.6. The van der Waals surface area contributed by atoms with E-state index in [2.05, 4.69) is 46.0 Å². The van der Waals surface area contributed by atoms with Gasteiger partial charge in [0.1, 0.15) is 6.10 Å². The first-order valence-corrected chi connectivity index (χ1v) is 12.9. The van der Waals surface area contributed by atoms with Crippen LogP contribution in [0.15, 0.2) is 12.2 Å². The summed E-state index contributed by atoms with van der Waals surface area (Å²) >= 11 is 0. The van der Waals surface area contributed by atoms with Crippen molar-refractivity contribution in [3.8, 4) is 0 Å². The van der Waals surface area contributed by atoms with Gasteiger partial charge in [-0.3, -0.25) is 4.79 Å². The third kappa shape index (κ3) is 3.56. The van der Waals surface area contributed by atoms with E-state index in [1.165, 1.54) is 6.42 Å². The van der Waals surface area contributed by atoms with Gasteiger partial charge in [-0.15, -0.1) is 0 Å². The number of nitrogens with one attached hydrogen (secondary N) is 1. The molecule has 0 saturated heterocycles. The molecule has 1 aliphatic heterocycles. The van der Waals surface area contributed by atoms with Gasteiger partial charge in [-0.25, -0.2) is 4.79 Å². The maximum atomic E-state index is 13.6. The lowest BCUT2D eigenvalue weighted by Crippen LogP contribution is -2.57. The maximum Gasteiger partial charge on any atom is 0.330 e. The average molecular weight is 430 g/mol. The molecule has 4 heteroatoms. The van der Waals surface area contributed by atoms with E-state index in [0.717, 1.165) is 57.8 Å². The van der Waals surface area contributed by atoms with Crippen molar-refractivity contribution < 1.29 is 14.3 Å². The summed E-state index contributed by atoms with van der Waals surface area (Å²) in [5, 5.41) is 3.55. The van der Waals surface area contributed by atoms with Crippen molar-refractivity contribution in [1.82, 2.24) is 5.32 Å². The van der Waals surface area contributed by atoms with E-state index in [0.29, 0.717) is 23.7 Å². The van der Waals surface area contributed by atoms with Gasteiger partial charge in [0, 0.05) is 22.9 Å². The number of ether oxygens (including phenoxy) is 1. The SMILES string of the molecule is CCCC(CC)(CC)NC(=O)[C@H]1CC[C@H]2[C@@H]3CC[C@H]4OC(=O)C=C[C@]4(C)[C@H]3CC[C@]12C. The van der Waals surface area contributed by atoms with Crippen molar-refractivity contribution in [1.29, 1.82) is 0 Å². The van der Waals surface area contributed by atoms with Crippen LogP contribution in [0.5, 0.6) is 0 Å². The summed E-state index contributed by atoms with van der Waals surface area (Å²) in [6, 6.07) is 0. The molecule has 4 rings (SSSR count). The zero-order valence-corrected chi connectivity index (χ0v) is 20.3. The second-order valence-electron chi connectivity index (χ2n) is 11.5. The minimum absolute atomic E-state index is 0.0277. The highest BCUT2D eigenvalue weighted by Gasteiger charge is 2.61. The fraction of sp³-hybridized carbons (Fsp3) is 0.852. The zero-order chi connectivity index (χ0) is 22.4. The van der Waals surface area contributed by atoms with E-state index >= 15 is 0 Å². The Labute approximate surface area is 189 Å². The van der Waals surface area contributed by atoms with Gasteiger partial charge in [0.2, 0.25) is 5.91 Å². The van der Waals surface area contributed by atoms with Crippen LogP contribution in [0.25, 0.3) is 0 Å². The van der Waals surface area contributed by atoms with E-state index in [-0.39, 0.29) is 34.4 Å². The highest BCUT2D eigenvalue weighted by Crippen LogP contribution is 2.65. The van der Waals surface area contributed by atoms with Gasteiger partial charge in [0.15, 0.2) is 0 Å². The highest BCUT2D eigenvalue weighted by molar-refractivity contribution is 5.83. The summed E-state index contributed by atoms with van der Waals surface area (Å²) < 4.78 is 5.75. The molecule has 3 saturated carbocycles. The Kier molecular flexibility index (Phi) is 6.07. The topological polar surface area (TPSA) is 55.4 Å². The lowest BCUT2D eigenvalue weighted by Gasteiger charge is -2.58. The van der Waals surface area contributed by atoms with Gasteiger partial charge in [-0.05, 0) is 81.0 Å². The Morgan fingerprint density at radius 1 is 1.10 bits per heavy atom. The number of rotatable bonds is 6. The van der Waals surface area contributed by atoms with Gasteiger partial charge < -0.3 is 10.1 Å². The first kappa shape index (κ1) is 22.9. The Morgan fingerprint density at radius 3 is 2.52 bits per heavy atom. The van der Waals surface area contributed by atoms with Gasteiger partial charge in [-0.1, -0.05) is 47.1 Å². The standard InChI is InChI=1S/C27H43NO3/c1-6-15-27(7-2,8-3)28-24(30)21-11-10-19-18-9-12-22-26(5,17-14-23(29)31-22)20(18)13-16-25(19,21)4/h14,17-22H,6-13,15-16H2,1-5H3,(H,28,30)/t18-,19-,20-,21+,22+,25-,26+/m0/s1. The molecule has 4 aliphatic rings. The normalized spacial score (nSPS) is 41.7. The first-order chi connectivity index (χ1) is 14.7. The molecule has 0 aromatic carbocycles. The van der Waals surface area contributed by atoms with Crippen molar-refractivity contribution in [3.05, 3.63) is 12.2 Å². The molecule has 0 radical (unpaired) electrons. The second kappa shape index (κ2) is 8.23. The van der Waals surface area contributed by atoms with Crippen LogP contribution in [0.1, 0.15) is 98.8 Å². The third-order valence-electron chi connectivity index (χ3n) is 10.3. The second-order valence-corrected chi connectivity index (χ2v) is 11.5. The Morgan fingerprint density at radius 2 is 1.84 bits per heavy atom. The van der Waals surface area contributed by atoms with Crippen LogP contribution >= 0.6 is 0 Å². The van der Waals surface area contributed by atoms with Crippen LogP contribution in [0.2, 0.25) is 0 Å². The fourth-order valence-corrected chi connectivity index (χ4v) is 8.30. The molecule has 31 heavy (non-hydrogen) atoms. The summed E-state index contributed by atoms with van der Waals surface area (Å²) in [5.41, 5.74) is 0.0158. The van der Waals surface area contributed by atoms with Gasteiger partial charge >= 0.3 is 5.97 Å². The van der Waals surface area contributed by atoms with E-state index in [4.69, 9.17) is 4.74 Å². The van der Waals surface area contributed by atoms with Crippen molar-refractivity contribution in [2.45, 2.75) is 110 Å². The van der Waals surface area contributed by atoms with E-state index in [1.54, 1.807) is 6.08 Å². The zero-order valence-electron chi connectivity index (χ0n) is 20.3. The quantitative estimate of drug-likeness (QED) is 0.543. The smallest absolute Gasteiger partial charge is 0.330 e. The average Bonchev–Trinajstić information content (AvgIpc) is 3.11. The first-order valence-electron chi connectivity index (χ1n) is 12.9. The Balaban J connectivity index is 1.54. The molecule has 0 bridgehead atoms. The monoisotopic (exact) mass is 429 g/mol. The molecule has 1 N–H and O–H groups in total. The third-order valence-corrected chi connectivity index (χ3v) is 10.3. The number of hydrogen-bond acceptors (Lipinski definition) is 3. The largest absolute Gasteiger partial charge is 0.458 e. The number of fused-ring (bicyclic) bond motifs is 5. The molecule has 0 aromatic heterocycles. The molecule has 3 aliphatic carbocycles. The van der Waals surface area contributed by atoms with Crippen LogP contribution < -0.4 is 5.32 Å². The van der Waals surface area contributed by atoms with E-state index in [1.807, 2.05) is 0 Å². The van der Waals surface area contributed by atoms with Crippen molar-refractivity contribution in [3.63, 3.8) is 0 Å². The molecule has 4 nitrogen and oxygen atoms in total. The van der Waals surface area contributed by atoms with Gasteiger partial charge in [-0.2, -0.15) is 0 Å². The van der Waals surface area contributed by atoms with Crippen LogP contribution in [0.3, 0.4) is 0 Å². The predicted octanol–water partition coefficient (Wildman–Crippen LogP) is 5.80.